The first-order chi connectivity index (χ1) is 8.71. The molecule has 0 aliphatic heterocycles. The Kier molecular flexibility index (Phi) is 4.91. The van der Waals surface area contributed by atoms with Gasteiger partial charge in [0, 0.05) is 19.4 Å². The van der Waals surface area contributed by atoms with Gasteiger partial charge in [-0.3, -0.25) is 9.35 Å². The number of carbonyl (C=O) groups is 1. The average molecular weight is 295 g/mol. The fraction of sp³-hybridized carbons (Fsp3) is 0.700. The summed E-state index contributed by atoms with van der Waals surface area (Å²) in [4.78, 5) is 11.7. The Bertz CT molecular complexity index is 484. The van der Waals surface area contributed by atoms with Crippen LogP contribution in [0.5, 0.6) is 0 Å². The second kappa shape index (κ2) is 5.87. The van der Waals surface area contributed by atoms with Crippen molar-refractivity contribution in [2.45, 2.75) is 18.4 Å². The minimum atomic E-state index is -4.12. The normalized spacial score (nSPS) is 24.5. The molecule has 0 saturated heterocycles. The number of Topliss-reactive ketones (excluding diaryl/α,β-unsaturated/α-hetero) is 1. The molecule has 1 aliphatic carbocycles. The lowest BCUT2D eigenvalue weighted by Crippen LogP contribution is -2.43. The predicted molar refractivity (Wildman–Crippen MR) is 64.7 cm³/mol. The Balaban J connectivity index is 2.83. The maximum Gasteiger partial charge on any atom is 0.266 e. The molecule has 4 N–H and O–H groups in total. The third-order valence-electron chi connectivity index (χ3n) is 2.72. The van der Waals surface area contributed by atoms with E-state index in [1.807, 2.05) is 0 Å². The standard InChI is InChI=1S/C10H17NO7S/c1-18-9-7(11-2-3-19(15,16)17)4-10(14,6-12)5-8(9)13/h11-12,14H,2-6H2,1H3,(H,15,16,17)/t10-/m1/s1. The summed E-state index contributed by atoms with van der Waals surface area (Å²) in [5, 5.41) is 21.6. The second-order valence-electron chi connectivity index (χ2n) is 4.38. The summed E-state index contributed by atoms with van der Waals surface area (Å²) in [6.45, 7) is -0.741. The number of aliphatic hydroxyl groups is 2. The molecule has 0 heterocycles. The lowest BCUT2D eigenvalue weighted by molar-refractivity contribution is -0.127. The quantitative estimate of drug-likeness (QED) is 0.431. The van der Waals surface area contributed by atoms with Gasteiger partial charge in [0.1, 0.15) is 5.60 Å². The SMILES string of the molecule is COC1=C(NCCS(=O)(=O)O)C[C@](O)(CO)CC1=O. The van der Waals surface area contributed by atoms with Gasteiger partial charge in [-0.05, 0) is 0 Å². The molecule has 19 heavy (non-hydrogen) atoms. The van der Waals surface area contributed by atoms with Crippen LogP contribution in [-0.2, 0) is 19.6 Å². The minimum absolute atomic E-state index is 0.00605. The highest BCUT2D eigenvalue weighted by molar-refractivity contribution is 7.85. The first-order valence-corrected chi connectivity index (χ1v) is 7.14. The van der Waals surface area contributed by atoms with Gasteiger partial charge in [-0.1, -0.05) is 0 Å². The second-order valence-corrected chi connectivity index (χ2v) is 5.96. The smallest absolute Gasteiger partial charge is 0.266 e. The summed E-state index contributed by atoms with van der Waals surface area (Å²) in [5.74, 6) is -1.03. The number of allylic oxidation sites excluding steroid dienone is 1. The molecule has 1 atom stereocenters. The average Bonchev–Trinajstić information content (AvgIpc) is 2.27. The fourth-order valence-electron chi connectivity index (χ4n) is 1.84. The van der Waals surface area contributed by atoms with Gasteiger partial charge < -0.3 is 20.3 Å². The molecule has 0 aromatic heterocycles. The van der Waals surface area contributed by atoms with Crippen molar-refractivity contribution in [3.63, 3.8) is 0 Å². The third kappa shape index (κ3) is 4.46. The van der Waals surface area contributed by atoms with Crippen LogP contribution in [0.15, 0.2) is 11.5 Å². The lowest BCUT2D eigenvalue weighted by atomic mass is 9.86. The van der Waals surface area contributed by atoms with Crippen molar-refractivity contribution in [3.8, 4) is 0 Å². The van der Waals surface area contributed by atoms with Crippen LogP contribution in [-0.4, -0.2) is 60.6 Å². The van der Waals surface area contributed by atoms with Crippen LogP contribution in [0.2, 0.25) is 0 Å². The molecular formula is C10H17NO7S. The third-order valence-corrected chi connectivity index (χ3v) is 3.44. The molecule has 0 amide bonds. The van der Waals surface area contributed by atoms with E-state index in [0.29, 0.717) is 0 Å². The molecule has 110 valence electrons. The van der Waals surface area contributed by atoms with E-state index in [-0.39, 0.29) is 30.8 Å². The zero-order chi connectivity index (χ0) is 14.7. The molecule has 0 unspecified atom stereocenters. The Morgan fingerprint density at radius 3 is 2.53 bits per heavy atom. The van der Waals surface area contributed by atoms with Crippen molar-refractivity contribution >= 4 is 15.9 Å². The van der Waals surface area contributed by atoms with Gasteiger partial charge in [-0.15, -0.1) is 0 Å². The Hall–Kier alpha value is -1.16. The van der Waals surface area contributed by atoms with Gasteiger partial charge in [-0.2, -0.15) is 8.42 Å². The van der Waals surface area contributed by atoms with Crippen molar-refractivity contribution in [2.75, 3.05) is 26.0 Å². The van der Waals surface area contributed by atoms with E-state index < -0.39 is 33.9 Å². The van der Waals surface area contributed by atoms with Crippen LogP contribution in [0.4, 0.5) is 0 Å². The molecular weight excluding hydrogens is 278 g/mol. The zero-order valence-corrected chi connectivity index (χ0v) is 11.2. The number of rotatable bonds is 6. The summed E-state index contributed by atoms with van der Waals surface area (Å²) in [7, 11) is -2.84. The number of methoxy groups -OCH3 is 1. The van der Waals surface area contributed by atoms with Crippen LogP contribution < -0.4 is 5.32 Å². The van der Waals surface area contributed by atoms with Gasteiger partial charge in [0.15, 0.2) is 5.76 Å². The molecule has 9 heteroatoms. The molecule has 1 rings (SSSR count). The number of nitrogens with one attached hydrogen (secondary N) is 1. The highest BCUT2D eigenvalue weighted by Gasteiger charge is 2.38. The fourth-order valence-corrected chi connectivity index (χ4v) is 2.20. The highest BCUT2D eigenvalue weighted by atomic mass is 32.2. The number of aliphatic hydroxyl groups excluding tert-OH is 1. The van der Waals surface area contributed by atoms with E-state index in [2.05, 4.69) is 5.32 Å². The number of carbonyl (C=O) groups excluding carboxylic acids is 1. The van der Waals surface area contributed by atoms with Crippen molar-refractivity contribution in [1.82, 2.24) is 5.32 Å². The number of hydrogen-bond acceptors (Lipinski definition) is 7. The van der Waals surface area contributed by atoms with E-state index >= 15 is 0 Å². The molecule has 0 aromatic carbocycles. The molecule has 0 radical (unpaired) electrons. The molecule has 8 nitrogen and oxygen atoms in total. The molecule has 0 saturated carbocycles. The Morgan fingerprint density at radius 2 is 2.05 bits per heavy atom. The van der Waals surface area contributed by atoms with Gasteiger partial charge >= 0.3 is 0 Å². The number of ether oxygens (including phenoxy) is 1. The van der Waals surface area contributed by atoms with Gasteiger partial charge in [0.25, 0.3) is 10.1 Å². The highest BCUT2D eigenvalue weighted by Crippen LogP contribution is 2.29. The summed E-state index contributed by atoms with van der Waals surface area (Å²) in [6, 6.07) is 0. The monoisotopic (exact) mass is 295 g/mol. The molecule has 1 aliphatic rings. The first-order valence-electron chi connectivity index (χ1n) is 5.53. The van der Waals surface area contributed by atoms with E-state index in [9.17, 15) is 18.3 Å². The maximum atomic E-state index is 11.7. The molecule has 0 spiro atoms. The van der Waals surface area contributed by atoms with Crippen molar-refractivity contribution in [3.05, 3.63) is 11.5 Å². The van der Waals surface area contributed by atoms with E-state index in [0.717, 1.165) is 0 Å². The van der Waals surface area contributed by atoms with Crippen LogP contribution in [0.25, 0.3) is 0 Å². The minimum Gasteiger partial charge on any atom is -0.491 e. The maximum absolute atomic E-state index is 11.7. The zero-order valence-electron chi connectivity index (χ0n) is 10.4. The van der Waals surface area contributed by atoms with Gasteiger partial charge in [0.2, 0.25) is 5.78 Å². The van der Waals surface area contributed by atoms with Gasteiger partial charge in [0.05, 0.1) is 25.2 Å². The van der Waals surface area contributed by atoms with Crippen molar-refractivity contribution < 1.29 is 32.7 Å². The summed E-state index contributed by atoms with van der Waals surface area (Å²) in [5.41, 5.74) is -1.38. The Labute approximate surface area is 110 Å². The summed E-state index contributed by atoms with van der Waals surface area (Å²) in [6.07, 6.45) is -0.333. The molecule has 0 bridgehead atoms. The van der Waals surface area contributed by atoms with E-state index in [1.54, 1.807) is 0 Å². The summed E-state index contributed by atoms with van der Waals surface area (Å²) < 4.78 is 34.7. The van der Waals surface area contributed by atoms with Crippen LogP contribution in [0.3, 0.4) is 0 Å². The van der Waals surface area contributed by atoms with Gasteiger partial charge in [-0.25, -0.2) is 0 Å². The van der Waals surface area contributed by atoms with Crippen molar-refractivity contribution in [2.24, 2.45) is 0 Å². The lowest BCUT2D eigenvalue weighted by Gasteiger charge is -2.32. The van der Waals surface area contributed by atoms with Crippen LogP contribution in [0.1, 0.15) is 12.8 Å². The van der Waals surface area contributed by atoms with Crippen LogP contribution >= 0.6 is 0 Å². The number of hydrogen-bond donors (Lipinski definition) is 4. The van der Waals surface area contributed by atoms with Crippen LogP contribution in [0, 0.1) is 0 Å². The largest absolute Gasteiger partial charge is 0.491 e. The van der Waals surface area contributed by atoms with E-state index in [4.69, 9.17) is 14.4 Å². The number of ketones is 1. The Morgan fingerprint density at radius 1 is 1.42 bits per heavy atom. The molecule has 0 aromatic rings. The van der Waals surface area contributed by atoms with E-state index in [1.165, 1.54) is 7.11 Å². The molecule has 0 fully saturated rings. The summed E-state index contributed by atoms with van der Waals surface area (Å²) >= 11 is 0. The van der Waals surface area contributed by atoms with Crippen molar-refractivity contribution in [1.29, 1.82) is 0 Å². The topological polar surface area (TPSA) is 133 Å². The predicted octanol–water partition coefficient (Wildman–Crippen LogP) is -1.59. The first kappa shape index (κ1) is 15.9.